The fraction of sp³-hybridized carbons (Fsp3) is 0.267. The number of carbonyl (C=O) groups is 1. The van der Waals surface area contributed by atoms with E-state index in [0.717, 1.165) is 12.8 Å². The van der Waals surface area contributed by atoms with Gasteiger partial charge in [-0.1, -0.05) is 25.5 Å². The third-order valence-electron chi connectivity index (χ3n) is 2.69. The normalized spacial score (nSPS) is 10.3. The molecule has 2 rings (SSSR count). The predicted octanol–water partition coefficient (Wildman–Crippen LogP) is 4.47. The molecule has 0 fully saturated rings. The number of unbranched alkanes of at least 4 members (excludes halogenated alkanes) is 1. The van der Waals surface area contributed by atoms with Gasteiger partial charge >= 0.3 is 0 Å². The van der Waals surface area contributed by atoms with Crippen LogP contribution in [0, 0.1) is 0 Å². The average molecular weight is 338 g/mol. The van der Waals surface area contributed by atoms with Gasteiger partial charge in [-0.05, 0) is 46.6 Å². The van der Waals surface area contributed by atoms with E-state index in [2.05, 4.69) is 28.2 Å². The Hall–Kier alpha value is -1.75. The molecule has 0 spiro atoms. The van der Waals surface area contributed by atoms with E-state index in [-0.39, 0.29) is 11.7 Å². The molecule has 1 N–H and O–H groups in total. The number of halogens is 1. The van der Waals surface area contributed by atoms with E-state index in [0.29, 0.717) is 22.7 Å². The number of carbonyl (C=O) groups excluding carboxylic acids is 1. The van der Waals surface area contributed by atoms with Crippen molar-refractivity contribution in [3.8, 4) is 5.75 Å². The molecule has 0 aliphatic carbocycles. The fourth-order valence-corrected chi connectivity index (χ4v) is 1.95. The van der Waals surface area contributed by atoms with Gasteiger partial charge in [0.05, 0.1) is 12.3 Å². The van der Waals surface area contributed by atoms with Crippen molar-refractivity contribution in [2.75, 3.05) is 11.9 Å². The van der Waals surface area contributed by atoms with Gasteiger partial charge in [0.25, 0.3) is 5.91 Å². The van der Waals surface area contributed by atoms with Gasteiger partial charge in [0.15, 0.2) is 10.4 Å². The first-order valence-electron chi connectivity index (χ1n) is 6.49. The molecule has 0 saturated heterocycles. The molecule has 1 amide bonds. The molecule has 0 atom stereocenters. The Morgan fingerprint density at radius 3 is 2.80 bits per heavy atom. The largest absolute Gasteiger partial charge is 0.491 e. The first kappa shape index (κ1) is 14.7. The molecule has 0 bridgehead atoms. The highest BCUT2D eigenvalue weighted by molar-refractivity contribution is 9.10. The Morgan fingerprint density at radius 1 is 1.30 bits per heavy atom. The minimum Gasteiger partial charge on any atom is -0.491 e. The number of hydrogen-bond acceptors (Lipinski definition) is 3. The SMILES string of the molecule is CCCCOc1ccccc1NC(=O)c1ccc(Br)o1. The first-order chi connectivity index (χ1) is 9.70. The van der Waals surface area contributed by atoms with Crippen molar-refractivity contribution in [3.63, 3.8) is 0 Å². The summed E-state index contributed by atoms with van der Waals surface area (Å²) in [6.45, 7) is 2.74. The fourth-order valence-electron chi connectivity index (χ4n) is 1.64. The zero-order chi connectivity index (χ0) is 14.4. The summed E-state index contributed by atoms with van der Waals surface area (Å²) in [4.78, 5) is 12.0. The Balaban J connectivity index is 2.06. The number of anilines is 1. The number of furan rings is 1. The maximum absolute atomic E-state index is 12.0. The molecule has 5 heteroatoms. The van der Waals surface area contributed by atoms with Crippen LogP contribution in [0.3, 0.4) is 0 Å². The molecule has 0 unspecified atom stereocenters. The lowest BCUT2D eigenvalue weighted by atomic mass is 10.2. The average Bonchev–Trinajstić information content (AvgIpc) is 2.88. The van der Waals surface area contributed by atoms with Gasteiger partial charge in [-0.2, -0.15) is 0 Å². The van der Waals surface area contributed by atoms with Crippen LogP contribution >= 0.6 is 15.9 Å². The Labute approximate surface area is 126 Å². The number of nitrogens with one attached hydrogen (secondary N) is 1. The molecule has 1 heterocycles. The minimum absolute atomic E-state index is 0.250. The van der Waals surface area contributed by atoms with Gasteiger partial charge in [-0.25, -0.2) is 0 Å². The lowest BCUT2D eigenvalue weighted by Gasteiger charge is -2.11. The summed E-state index contributed by atoms with van der Waals surface area (Å²) in [6.07, 6.45) is 2.04. The van der Waals surface area contributed by atoms with Crippen molar-refractivity contribution in [2.45, 2.75) is 19.8 Å². The zero-order valence-corrected chi connectivity index (χ0v) is 12.8. The van der Waals surface area contributed by atoms with Gasteiger partial charge in [0.1, 0.15) is 5.75 Å². The standard InChI is InChI=1S/C15H16BrNO3/c1-2-3-10-19-12-7-5-4-6-11(12)17-15(18)13-8-9-14(16)20-13/h4-9H,2-3,10H2,1H3,(H,17,18). The summed E-state index contributed by atoms with van der Waals surface area (Å²) in [6, 6.07) is 10.7. The molecule has 0 saturated carbocycles. The van der Waals surface area contributed by atoms with E-state index >= 15 is 0 Å². The topological polar surface area (TPSA) is 51.5 Å². The highest BCUT2D eigenvalue weighted by Crippen LogP contribution is 2.25. The van der Waals surface area contributed by atoms with Crippen LogP contribution in [-0.4, -0.2) is 12.5 Å². The Bertz CT molecular complexity index is 580. The maximum atomic E-state index is 12.0. The van der Waals surface area contributed by atoms with Gasteiger partial charge in [0.2, 0.25) is 0 Å². The molecular weight excluding hydrogens is 322 g/mol. The van der Waals surface area contributed by atoms with E-state index in [9.17, 15) is 4.79 Å². The molecule has 1 aromatic heterocycles. The third kappa shape index (κ3) is 3.87. The van der Waals surface area contributed by atoms with Gasteiger partial charge in [-0.3, -0.25) is 4.79 Å². The van der Waals surface area contributed by atoms with Crippen LogP contribution in [0.1, 0.15) is 30.3 Å². The van der Waals surface area contributed by atoms with Crippen molar-refractivity contribution in [1.82, 2.24) is 0 Å². The van der Waals surface area contributed by atoms with Crippen molar-refractivity contribution in [2.24, 2.45) is 0 Å². The number of amides is 1. The molecule has 20 heavy (non-hydrogen) atoms. The van der Waals surface area contributed by atoms with Gasteiger partial charge in [-0.15, -0.1) is 0 Å². The molecule has 4 nitrogen and oxygen atoms in total. The van der Waals surface area contributed by atoms with Crippen LogP contribution in [-0.2, 0) is 0 Å². The quantitative estimate of drug-likeness (QED) is 0.791. The lowest BCUT2D eigenvalue weighted by molar-refractivity contribution is 0.0995. The smallest absolute Gasteiger partial charge is 0.291 e. The van der Waals surface area contributed by atoms with Crippen LogP contribution in [0.15, 0.2) is 45.5 Å². The highest BCUT2D eigenvalue weighted by Gasteiger charge is 2.13. The number of rotatable bonds is 6. The maximum Gasteiger partial charge on any atom is 0.291 e. The molecule has 106 valence electrons. The number of benzene rings is 1. The Kier molecular flexibility index (Phi) is 5.24. The summed E-state index contributed by atoms with van der Waals surface area (Å²) in [5.41, 5.74) is 0.640. The molecule has 0 radical (unpaired) electrons. The van der Waals surface area contributed by atoms with Crippen molar-refractivity contribution in [1.29, 1.82) is 0 Å². The molecule has 2 aromatic rings. The number of para-hydroxylation sites is 2. The third-order valence-corrected chi connectivity index (χ3v) is 3.11. The molecule has 0 aliphatic rings. The summed E-state index contributed by atoms with van der Waals surface area (Å²) < 4.78 is 11.4. The van der Waals surface area contributed by atoms with E-state index in [1.807, 2.05) is 18.2 Å². The van der Waals surface area contributed by atoms with Gasteiger partial charge < -0.3 is 14.5 Å². The molecule has 0 aliphatic heterocycles. The summed E-state index contributed by atoms with van der Waals surface area (Å²) in [5.74, 6) is 0.613. The van der Waals surface area contributed by atoms with Crippen molar-refractivity contribution in [3.05, 3.63) is 46.8 Å². The molecule has 1 aromatic carbocycles. The number of hydrogen-bond donors (Lipinski definition) is 1. The second-order valence-corrected chi connectivity index (χ2v) is 5.04. The van der Waals surface area contributed by atoms with E-state index in [1.54, 1.807) is 18.2 Å². The summed E-state index contributed by atoms with van der Waals surface area (Å²) in [5, 5.41) is 2.79. The van der Waals surface area contributed by atoms with E-state index < -0.39 is 0 Å². The summed E-state index contributed by atoms with van der Waals surface area (Å²) >= 11 is 3.17. The second-order valence-electron chi connectivity index (χ2n) is 4.26. The van der Waals surface area contributed by atoms with E-state index in [4.69, 9.17) is 9.15 Å². The van der Waals surface area contributed by atoms with Gasteiger partial charge in [0, 0.05) is 0 Å². The van der Waals surface area contributed by atoms with Crippen molar-refractivity contribution >= 4 is 27.5 Å². The van der Waals surface area contributed by atoms with E-state index in [1.165, 1.54) is 0 Å². The van der Waals surface area contributed by atoms with Crippen LogP contribution in [0.2, 0.25) is 0 Å². The Morgan fingerprint density at radius 2 is 2.10 bits per heavy atom. The first-order valence-corrected chi connectivity index (χ1v) is 7.28. The lowest BCUT2D eigenvalue weighted by Crippen LogP contribution is -2.12. The summed E-state index contributed by atoms with van der Waals surface area (Å²) in [7, 11) is 0. The van der Waals surface area contributed by atoms with Crippen LogP contribution in [0.25, 0.3) is 0 Å². The highest BCUT2D eigenvalue weighted by atomic mass is 79.9. The van der Waals surface area contributed by atoms with Crippen LogP contribution in [0.4, 0.5) is 5.69 Å². The second kappa shape index (κ2) is 7.14. The zero-order valence-electron chi connectivity index (χ0n) is 11.2. The number of ether oxygens (including phenoxy) is 1. The van der Waals surface area contributed by atoms with Crippen LogP contribution in [0.5, 0.6) is 5.75 Å². The monoisotopic (exact) mass is 337 g/mol. The predicted molar refractivity (Wildman–Crippen MR) is 81.2 cm³/mol. The van der Waals surface area contributed by atoms with Crippen molar-refractivity contribution < 1.29 is 13.9 Å². The van der Waals surface area contributed by atoms with Crippen LogP contribution < -0.4 is 10.1 Å². The minimum atomic E-state index is -0.303. The molecular formula is C15H16BrNO3.